The molecule has 3 rings (SSSR count). The van der Waals surface area contributed by atoms with Crippen LogP contribution in [-0.4, -0.2) is 27.1 Å². The molecular formula is C20H24N4OS. The number of nitrogens with one attached hydrogen (secondary N) is 1. The molecule has 0 fully saturated rings. The maximum absolute atomic E-state index is 5.46. The molecule has 1 N–H and O–H groups in total. The molecule has 0 spiro atoms. The molecular weight excluding hydrogens is 344 g/mol. The highest BCUT2D eigenvalue weighted by Gasteiger charge is 2.16. The molecule has 0 aliphatic rings. The molecule has 0 aliphatic carbocycles. The Hall–Kier alpha value is -2.47. The summed E-state index contributed by atoms with van der Waals surface area (Å²) in [6.07, 6.45) is 6.98. The van der Waals surface area contributed by atoms with Crippen LogP contribution in [0.4, 0.5) is 0 Å². The van der Waals surface area contributed by atoms with Gasteiger partial charge in [0.25, 0.3) is 0 Å². The summed E-state index contributed by atoms with van der Waals surface area (Å²) in [6.45, 7) is 3.00. The second kappa shape index (κ2) is 8.76. The normalized spacial score (nSPS) is 12.1. The van der Waals surface area contributed by atoms with E-state index in [1.165, 1.54) is 11.1 Å². The summed E-state index contributed by atoms with van der Waals surface area (Å²) in [5.74, 6) is 1.01. The average molecular weight is 369 g/mol. The van der Waals surface area contributed by atoms with Crippen molar-refractivity contribution < 1.29 is 4.74 Å². The molecule has 1 atom stereocenters. The minimum atomic E-state index is 0.256. The molecule has 0 bridgehead atoms. The van der Waals surface area contributed by atoms with Crippen molar-refractivity contribution in [3.8, 4) is 5.75 Å². The zero-order chi connectivity index (χ0) is 18.4. The second-order valence-electron chi connectivity index (χ2n) is 6.43. The summed E-state index contributed by atoms with van der Waals surface area (Å²) in [4.78, 5) is 0. The first-order valence-electron chi connectivity index (χ1n) is 8.84. The third-order valence-electron chi connectivity index (χ3n) is 4.58. The summed E-state index contributed by atoms with van der Waals surface area (Å²) < 4.78 is 8.13. The molecule has 2 aromatic heterocycles. The van der Waals surface area contributed by atoms with Crippen LogP contribution in [0.5, 0.6) is 5.75 Å². The van der Waals surface area contributed by atoms with Crippen LogP contribution in [0.25, 0.3) is 0 Å². The van der Waals surface area contributed by atoms with Crippen LogP contribution in [0.3, 0.4) is 0 Å². The van der Waals surface area contributed by atoms with Crippen LogP contribution in [0.2, 0.25) is 0 Å². The zero-order valence-electron chi connectivity index (χ0n) is 15.2. The molecule has 1 aromatic carbocycles. The number of hydrogen-bond acceptors (Lipinski definition) is 4. The Morgan fingerprint density at radius 2 is 2.12 bits per heavy atom. The lowest BCUT2D eigenvalue weighted by Crippen LogP contribution is -2.05. The van der Waals surface area contributed by atoms with Crippen LogP contribution < -0.4 is 4.74 Å². The van der Waals surface area contributed by atoms with E-state index in [-0.39, 0.29) is 5.92 Å². The highest BCUT2D eigenvalue weighted by molar-refractivity contribution is 7.71. The summed E-state index contributed by atoms with van der Waals surface area (Å²) in [7, 11) is 1.65. The maximum Gasteiger partial charge on any atom is 0.153 e. The number of ether oxygens (including phenoxy) is 1. The topological polar surface area (TPSA) is 55.7 Å². The highest BCUT2D eigenvalue weighted by Crippen LogP contribution is 2.28. The Kier molecular flexibility index (Phi) is 6.17. The van der Waals surface area contributed by atoms with Gasteiger partial charge in [0.15, 0.2) is 5.75 Å². The SMILES string of the molecule is COc1cccn(CCCCC(c2cccc(C)c2)c2cn[nH]n2)c1=S. The molecule has 136 valence electrons. The summed E-state index contributed by atoms with van der Waals surface area (Å²) >= 11 is 5.46. The van der Waals surface area contributed by atoms with E-state index >= 15 is 0 Å². The third-order valence-corrected chi connectivity index (χ3v) is 5.02. The van der Waals surface area contributed by atoms with Gasteiger partial charge in [0, 0.05) is 18.7 Å². The minimum Gasteiger partial charge on any atom is -0.494 e. The number of methoxy groups -OCH3 is 1. The van der Waals surface area contributed by atoms with Gasteiger partial charge < -0.3 is 9.30 Å². The number of nitrogens with zero attached hydrogens (tertiary/aromatic N) is 3. The molecule has 0 saturated carbocycles. The van der Waals surface area contributed by atoms with Gasteiger partial charge in [-0.3, -0.25) is 0 Å². The van der Waals surface area contributed by atoms with Crippen LogP contribution in [0.15, 0.2) is 48.8 Å². The number of H-pyrrole nitrogens is 1. The fourth-order valence-electron chi connectivity index (χ4n) is 3.23. The van der Waals surface area contributed by atoms with E-state index in [0.29, 0.717) is 0 Å². The number of hydrogen-bond donors (Lipinski definition) is 1. The minimum absolute atomic E-state index is 0.256. The molecule has 6 heteroatoms. The molecule has 5 nitrogen and oxygen atoms in total. The van der Waals surface area contributed by atoms with E-state index in [1.807, 2.05) is 24.5 Å². The highest BCUT2D eigenvalue weighted by atomic mass is 32.1. The lowest BCUT2D eigenvalue weighted by Gasteiger charge is -2.16. The van der Waals surface area contributed by atoms with Crippen molar-refractivity contribution in [1.82, 2.24) is 20.0 Å². The molecule has 26 heavy (non-hydrogen) atoms. The molecule has 1 unspecified atom stereocenters. The van der Waals surface area contributed by atoms with E-state index in [0.717, 1.165) is 41.9 Å². The number of unbranched alkanes of at least 4 members (excludes halogenated alkanes) is 1. The van der Waals surface area contributed by atoms with Gasteiger partial charge in [0.05, 0.1) is 19.0 Å². The van der Waals surface area contributed by atoms with E-state index < -0.39 is 0 Å². The molecule has 2 heterocycles. The van der Waals surface area contributed by atoms with E-state index in [9.17, 15) is 0 Å². The first kappa shape index (κ1) is 18.3. The fraction of sp³-hybridized carbons (Fsp3) is 0.350. The van der Waals surface area contributed by atoms with Crippen molar-refractivity contribution in [1.29, 1.82) is 0 Å². The number of benzene rings is 1. The summed E-state index contributed by atoms with van der Waals surface area (Å²) in [5, 5.41) is 11.1. The van der Waals surface area contributed by atoms with Gasteiger partial charge in [0.1, 0.15) is 4.64 Å². The molecule has 0 saturated heterocycles. The standard InChI is InChI=1S/C20H24N4OS/c1-15-7-5-8-16(13-15)17(18-14-21-23-22-18)9-3-4-11-24-12-6-10-19(25-2)20(24)26/h5-8,10,12-14,17H,3-4,9,11H2,1-2H3,(H,21,22,23). The van der Waals surface area contributed by atoms with Gasteiger partial charge in [-0.25, -0.2) is 0 Å². The lowest BCUT2D eigenvalue weighted by molar-refractivity contribution is 0.405. The quantitative estimate of drug-likeness (QED) is 0.464. The monoisotopic (exact) mass is 368 g/mol. The number of pyridine rings is 1. The van der Waals surface area contributed by atoms with E-state index in [2.05, 4.69) is 51.2 Å². The zero-order valence-corrected chi connectivity index (χ0v) is 16.0. The van der Waals surface area contributed by atoms with E-state index in [1.54, 1.807) is 7.11 Å². The number of aryl methyl sites for hydroxylation is 2. The number of aromatic nitrogens is 4. The van der Waals surface area contributed by atoms with Gasteiger partial charge in [0.2, 0.25) is 0 Å². The first-order chi connectivity index (χ1) is 12.7. The smallest absolute Gasteiger partial charge is 0.153 e. The average Bonchev–Trinajstić information content (AvgIpc) is 3.17. The predicted octanol–water partition coefficient (Wildman–Crippen LogP) is 4.66. The van der Waals surface area contributed by atoms with Crippen LogP contribution in [0.1, 0.15) is 42.0 Å². The van der Waals surface area contributed by atoms with Crippen molar-refractivity contribution >= 4 is 12.2 Å². The Morgan fingerprint density at radius 3 is 2.85 bits per heavy atom. The largest absolute Gasteiger partial charge is 0.494 e. The van der Waals surface area contributed by atoms with E-state index in [4.69, 9.17) is 17.0 Å². The van der Waals surface area contributed by atoms with Gasteiger partial charge in [-0.05, 0) is 37.5 Å². The lowest BCUT2D eigenvalue weighted by atomic mass is 9.90. The van der Waals surface area contributed by atoms with Crippen LogP contribution >= 0.6 is 12.2 Å². The predicted molar refractivity (Wildman–Crippen MR) is 105 cm³/mol. The summed E-state index contributed by atoms with van der Waals surface area (Å²) in [6, 6.07) is 12.5. The second-order valence-corrected chi connectivity index (χ2v) is 6.82. The Bertz CT molecular complexity index is 889. The van der Waals surface area contributed by atoms with Gasteiger partial charge in [-0.15, -0.1) is 0 Å². The number of aromatic amines is 1. The summed E-state index contributed by atoms with van der Waals surface area (Å²) in [5.41, 5.74) is 3.55. The van der Waals surface area contributed by atoms with Crippen molar-refractivity contribution in [2.75, 3.05) is 7.11 Å². The Labute approximate surface area is 159 Å². The third kappa shape index (κ3) is 4.38. The molecule has 0 amide bonds. The van der Waals surface area contributed by atoms with Crippen molar-refractivity contribution in [2.24, 2.45) is 0 Å². The molecule has 3 aromatic rings. The van der Waals surface area contributed by atoms with Crippen molar-refractivity contribution in [2.45, 2.75) is 38.6 Å². The van der Waals surface area contributed by atoms with Crippen LogP contribution in [0, 0.1) is 11.6 Å². The van der Waals surface area contributed by atoms with Gasteiger partial charge in [-0.1, -0.05) is 48.5 Å². The van der Waals surface area contributed by atoms with Gasteiger partial charge in [-0.2, -0.15) is 15.4 Å². The fourth-order valence-corrected chi connectivity index (χ4v) is 3.53. The first-order valence-corrected chi connectivity index (χ1v) is 9.25. The molecule has 0 aliphatic heterocycles. The Balaban J connectivity index is 1.65. The van der Waals surface area contributed by atoms with Crippen LogP contribution in [-0.2, 0) is 6.54 Å². The van der Waals surface area contributed by atoms with Crippen molar-refractivity contribution in [3.05, 3.63) is 70.3 Å². The van der Waals surface area contributed by atoms with Crippen molar-refractivity contribution in [3.63, 3.8) is 0 Å². The molecule has 0 radical (unpaired) electrons. The maximum atomic E-state index is 5.46. The number of rotatable bonds is 8. The van der Waals surface area contributed by atoms with Gasteiger partial charge >= 0.3 is 0 Å². The Morgan fingerprint density at radius 1 is 1.23 bits per heavy atom.